The summed E-state index contributed by atoms with van der Waals surface area (Å²) in [6.45, 7) is -0.782. The molecule has 0 aliphatic heterocycles. The summed E-state index contributed by atoms with van der Waals surface area (Å²) < 4.78 is 43.9. The Morgan fingerprint density at radius 2 is 1.75 bits per heavy atom. The summed E-state index contributed by atoms with van der Waals surface area (Å²) in [6, 6.07) is 5.51. The van der Waals surface area contributed by atoms with E-state index in [0.717, 1.165) is 6.07 Å². The molecule has 0 aliphatic carbocycles. The molecule has 0 aliphatic rings. The summed E-state index contributed by atoms with van der Waals surface area (Å²) in [5, 5.41) is 2.29. The van der Waals surface area contributed by atoms with Gasteiger partial charge in [0.25, 0.3) is 5.91 Å². The third-order valence-corrected chi connectivity index (χ3v) is 3.34. The zero-order chi connectivity index (χ0) is 17.9. The Labute approximate surface area is 144 Å². The summed E-state index contributed by atoms with van der Waals surface area (Å²) >= 11 is 11.5. The van der Waals surface area contributed by atoms with Crippen molar-refractivity contribution in [2.24, 2.45) is 0 Å². The molecule has 0 aromatic heterocycles. The van der Waals surface area contributed by atoms with E-state index in [1.165, 1.54) is 18.2 Å². The van der Waals surface area contributed by atoms with E-state index >= 15 is 0 Å². The van der Waals surface area contributed by atoms with Crippen molar-refractivity contribution >= 4 is 40.8 Å². The van der Waals surface area contributed by atoms with Gasteiger partial charge in [-0.25, -0.2) is 18.0 Å². The molecule has 0 saturated carbocycles. The molecule has 2 aromatic rings. The van der Waals surface area contributed by atoms with Gasteiger partial charge in [0.05, 0.1) is 16.3 Å². The van der Waals surface area contributed by atoms with Gasteiger partial charge in [-0.2, -0.15) is 0 Å². The number of nitrogens with one attached hydrogen (secondary N) is 1. The van der Waals surface area contributed by atoms with E-state index in [-0.39, 0.29) is 10.6 Å². The summed E-state index contributed by atoms with van der Waals surface area (Å²) in [5.74, 6) is -6.53. The van der Waals surface area contributed by atoms with Crippen LogP contribution in [0.25, 0.3) is 0 Å². The highest BCUT2D eigenvalue weighted by Gasteiger charge is 2.17. The lowest BCUT2D eigenvalue weighted by Gasteiger charge is -2.09. The number of hydrogen-bond acceptors (Lipinski definition) is 3. The second-order valence-corrected chi connectivity index (χ2v) is 5.32. The third-order valence-electron chi connectivity index (χ3n) is 2.79. The number of ether oxygens (including phenoxy) is 1. The molecule has 0 heterocycles. The predicted octanol–water partition coefficient (Wildman–Crippen LogP) is 4.21. The molecule has 126 valence electrons. The first-order valence-corrected chi connectivity index (χ1v) is 7.10. The van der Waals surface area contributed by atoms with Crippen LogP contribution in [0, 0.1) is 17.5 Å². The van der Waals surface area contributed by atoms with E-state index in [9.17, 15) is 22.8 Å². The first-order valence-electron chi connectivity index (χ1n) is 6.35. The predicted molar refractivity (Wildman–Crippen MR) is 81.7 cm³/mol. The molecule has 24 heavy (non-hydrogen) atoms. The summed E-state index contributed by atoms with van der Waals surface area (Å²) in [5.41, 5.74) is -0.604. The smallest absolute Gasteiger partial charge is 0.340 e. The minimum atomic E-state index is -1.72. The summed E-state index contributed by atoms with van der Waals surface area (Å²) in [7, 11) is 0. The second kappa shape index (κ2) is 7.55. The molecule has 0 unspecified atom stereocenters. The summed E-state index contributed by atoms with van der Waals surface area (Å²) in [4.78, 5) is 23.4. The van der Waals surface area contributed by atoms with Crippen molar-refractivity contribution in [2.75, 3.05) is 11.9 Å². The van der Waals surface area contributed by atoms with Crippen molar-refractivity contribution in [1.29, 1.82) is 0 Å². The van der Waals surface area contributed by atoms with Gasteiger partial charge in [-0.05, 0) is 30.3 Å². The Bertz CT molecular complexity index is 815. The molecule has 9 heteroatoms. The Morgan fingerprint density at radius 1 is 1.04 bits per heavy atom. The van der Waals surface area contributed by atoms with Gasteiger partial charge in [0.15, 0.2) is 24.1 Å². The monoisotopic (exact) mass is 377 g/mol. The van der Waals surface area contributed by atoms with Crippen LogP contribution >= 0.6 is 23.2 Å². The van der Waals surface area contributed by atoms with Crippen LogP contribution in [0.2, 0.25) is 10.0 Å². The number of carbonyl (C=O) groups excluding carboxylic acids is 2. The molecule has 1 N–H and O–H groups in total. The van der Waals surface area contributed by atoms with Gasteiger partial charge in [0, 0.05) is 5.02 Å². The van der Waals surface area contributed by atoms with Crippen LogP contribution in [0.5, 0.6) is 0 Å². The number of amides is 1. The molecule has 0 spiro atoms. The first kappa shape index (κ1) is 18.1. The van der Waals surface area contributed by atoms with Crippen LogP contribution in [0.3, 0.4) is 0 Å². The van der Waals surface area contributed by atoms with Crippen LogP contribution in [-0.4, -0.2) is 18.5 Å². The molecule has 2 aromatic carbocycles. The number of rotatable bonds is 4. The average Bonchev–Trinajstić information content (AvgIpc) is 2.53. The van der Waals surface area contributed by atoms with Crippen molar-refractivity contribution in [1.82, 2.24) is 0 Å². The maximum Gasteiger partial charge on any atom is 0.340 e. The van der Waals surface area contributed by atoms with Gasteiger partial charge in [-0.3, -0.25) is 4.79 Å². The molecule has 0 bridgehead atoms. The van der Waals surface area contributed by atoms with Gasteiger partial charge < -0.3 is 10.1 Å². The molecular formula is C15H8Cl2F3NO3. The average molecular weight is 378 g/mol. The van der Waals surface area contributed by atoms with Crippen LogP contribution < -0.4 is 5.32 Å². The van der Waals surface area contributed by atoms with Gasteiger partial charge in [0.2, 0.25) is 0 Å². The highest BCUT2D eigenvalue weighted by molar-refractivity contribution is 6.36. The van der Waals surface area contributed by atoms with Crippen molar-refractivity contribution in [2.45, 2.75) is 0 Å². The number of halogens is 5. The Kier molecular flexibility index (Phi) is 5.69. The lowest BCUT2D eigenvalue weighted by molar-refractivity contribution is -0.119. The van der Waals surface area contributed by atoms with E-state index in [4.69, 9.17) is 27.9 Å². The van der Waals surface area contributed by atoms with Crippen LogP contribution in [0.4, 0.5) is 18.9 Å². The number of benzene rings is 2. The highest BCUT2D eigenvalue weighted by Crippen LogP contribution is 2.22. The van der Waals surface area contributed by atoms with E-state index in [2.05, 4.69) is 0 Å². The molecule has 0 fully saturated rings. The van der Waals surface area contributed by atoms with E-state index in [1.54, 1.807) is 0 Å². The van der Waals surface area contributed by atoms with E-state index in [0.29, 0.717) is 11.1 Å². The Balaban J connectivity index is 1.98. The lowest BCUT2D eigenvalue weighted by atomic mass is 10.2. The summed E-state index contributed by atoms with van der Waals surface area (Å²) in [6.07, 6.45) is 0. The van der Waals surface area contributed by atoms with Gasteiger partial charge in [-0.15, -0.1) is 0 Å². The van der Waals surface area contributed by atoms with Crippen LogP contribution in [0.15, 0.2) is 30.3 Å². The fraction of sp³-hybridized carbons (Fsp3) is 0.0667. The Morgan fingerprint density at radius 3 is 2.42 bits per heavy atom. The minimum Gasteiger partial charge on any atom is -0.452 e. The number of carbonyl (C=O) groups is 2. The van der Waals surface area contributed by atoms with Gasteiger partial charge >= 0.3 is 5.97 Å². The molecule has 1 amide bonds. The van der Waals surface area contributed by atoms with Gasteiger partial charge in [0.1, 0.15) is 0 Å². The number of hydrogen-bond donors (Lipinski definition) is 1. The fourth-order valence-corrected chi connectivity index (χ4v) is 2.16. The molecule has 2 rings (SSSR count). The zero-order valence-corrected chi connectivity index (χ0v) is 13.2. The van der Waals surface area contributed by atoms with Crippen LogP contribution in [0.1, 0.15) is 10.4 Å². The maximum atomic E-state index is 13.4. The third kappa shape index (κ3) is 4.18. The normalized spacial score (nSPS) is 10.4. The molecule has 0 saturated heterocycles. The number of esters is 1. The number of anilines is 1. The zero-order valence-electron chi connectivity index (χ0n) is 11.7. The first-order chi connectivity index (χ1) is 11.3. The van der Waals surface area contributed by atoms with Crippen molar-refractivity contribution in [3.05, 3.63) is 63.4 Å². The molecule has 0 radical (unpaired) electrons. The molecule has 4 nitrogen and oxygen atoms in total. The van der Waals surface area contributed by atoms with Crippen LogP contribution in [-0.2, 0) is 9.53 Å². The molecule has 0 atom stereocenters. The fourth-order valence-electron chi connectivity index (χ4n) is 1.67. The highest BCUT2D eigenvalue weighted by atomic mass is 35.5. The van der Waals surface area contributed by atoms with E-state index < -0.39 is 41.6 Å². The minimum absolute atomic E-state index is 0.0205. The topological polar surface area (TPSA) is 55.4 Å². The van der Waals surface area contributed by atoms with E-state index in [1.807, 2.05) is 5.32 Å². The van der Waals surface area contributed by atoms with Crippen molar-refractivity contribution in [3.63, 3.8) is 0 Å². The van der Waals surface area contributed by atoms with Crippen molar-refractivity contribution < 1.29 is 27.5 Å². The standard InChI is InChI=1S/C15H8Cl2F3NO3/c16-7-1-2-8(9(17)5-7)15(23)24-6-12(22)21-11-4-3-10(18)13(19)14(11)20/h1-5H,6H2,(H,21,22). The van der Waals surface area contributed by atoms with Crippen molar-refractivity contribution in [3.8, 4) is 0 Å². The lowest BCUT2D eigenvalue weighted by Crippen LogP contribution is -2.22. The van der Waals surface area contributed by atoms with Gasteiger partial charge in [-0.1, -0.05) is 23.2 Å². The largest absolute Gasteiger partial charge is 0.452 e. The quantitative estimate of drug-likeness (QED) is 0.641. The SMILES string of the molecule is O=C(COC(=O)c1ccc(Cl)cc1Cl)Nc1ccc(F)c(F)c1F. The molecular weight excluding hydrogens is 370 g/mol. The second-order valence-electron chi connectivity index (χ2n) is 4.47. The maximum absolute atomic E-state index is 13.4. The Hall–Kier alpha value is -2.25.